The third kappa shape index (κ3) is 3.20. The fourth-order valence-electron chi connectivity index (χ4n) is 2.47. The summed E-state index contributed by atoms with van der Waals surface area (Å²) in [6, 6.07) is 8.18. The maximum Gasteiger partial charge on any atom is 0.176 e. The van der Waals surface area contributed by atoms with Gasteiger partial charge < -0.3 is 0 Å². The average Bonchev–Trinajstić information content (AvgIpc) is 2.91. The first kappa shape index (κ1) is 13.3. The van der Waals surface area contributed by atoms with Crippen LogP contribution in [0.25, 0.3) is 0 Å². The van der Waals surface area contributed by atoms with Crippen LogP contribution in [0.5, 0.6) is 0 Å². The zero-order valence-corrected chi connectivity index (χ0v) is 11.5. The molecule has 0 aromatic heterocycles. The Hall–Kier alpha value is -1.15. The van der Waals surface area contributed by atoms with E-state index in [-0.39, 0.29) is 5.78 Å². The molecule has 1 aliphatic rings. The van der Waals surface area contributed by atoms with Gasteiger partial charge in [0.25, 0.3) is 0 Å². The minimum atomic E-state index is 0.257. The van der Waals surface area contributed by atoms with Gasteiger partial charge in [0, 0.05) is 5.56 Å². The number of ketones is 1. The van der Waals surface area contributed by atoms with Crippen LogP contribution in [0, 0.1) is 0 Å². The Bertz CT molecular complexity index is 390. The standard InChI is InChI=1S/C16H23NO/c1-3-13(2)14-6-8-15(9-7-14)16(18)12-17-10-4-5-11-17/h6-9,13H,3-5,10-12H2,1-2H3. The molecule has 1 heterocycles. The molecule has 2 rings (SSSR count). The molecular formula is C16H23NO. The second kappa shape index (κ2) is 6.14. The molecule has 0 N–H and O–H groups in total. The maximum absolute atomic E-state index is 12.1. The molecular weight excluding hydrogens is 222 g/mol. The van der Waals surface area contributed by atoms with Gasteiger partial charge in [0.15, 0.2) is 5.78 Å². The van der Waals surface area contributed by atoms with E-state index in [1.54, 1.807) is 0 Å². The molecule has 1 aromatic carbocycles. The molecule has 1 unspecified atom stereocenters. The minimum absolute atomic E-state index is 0.257. The van der Waals surface area contributed by atoms with Gasteiger partial charge in [0.2, 0.25) is 0 Å². The summed E-state index contributed by atoms with van der Waals surface area (Å²) in [5.74, 6) is 0.834. The summed E-state index contributed by atoms with van der Waals surface area (Å²) in [6.07, 6.45) is 3.61. The van der Waals surface area contributed by atoms with Gasteiger partial charge in [-0.25, -0.2) is 0 Å². The first-order valence-corrected chi connectivity index (χ1v) is 7.06. The van der Waals surface area contributed by atoms with E-state index < -0.39 is 0 Å². The third-order valence-electron chi connectivity index (χ3n) is 3.98. The van der Waals surface area contributed by atoms with Crippen molar-refractivity contribution in [2.75, 3.05) is 19.6 Å². The van der Waals surface area contributed by atoms with E-state index in [1.807, 2.05) is 12.1 Å². The number of benzene rings is 1. The highest BCUT2D eigenvalue weighted by molar-refractivity contribution is 5.97. The molecule has 0 radical (unpaired) electrons. The predicted octanol–water partition coefficient (Wildman–Crippen LogP) is 3.48. The van der Waals surface area contributed by atoms with Crippen molar-refractivity contribution < 1.29 is 4.79 Å². The Morgan fingerprint density at radius 3 is 2.39 bits per heavy atom. The molecule has 1 atom stereocenters. The fraction of sp³-hybridized carbons (Fsp3) is 0.562. The van der Waals surface area contributed by atoms with Gasteiger partial charge in [-0.1, -0.05) is 38.1 Å². The lowest BCUT2D eigenvalue weighted by Crippen LogP contribution is -2.26. The Kier molecular flexibility index (Phi) is 4.54. The Morgan fingerprint density at radius 2 is 1.83 bits per heavy atom. The topological polar surface area (TPSA) is 20.3 Å². The molecule has 98 valence electrons. The van der Waals surface area contributed by atoms with Crippen molar-refractivity contribution in [1.82, 2.24) is 4.90 Å². The smallest absolute Gasteiger partial charge is 0.176 e. The van der Waals surface area contributed by atoms with E-state index in [1.165, 1.54) is 18.4 Å². The summed E-state index contributed by atoms with van der Waals surface area (Å²) in [7, 11) is 0. The zero-order valence-electron chi connectivity index (χ0n) is 11.5. The molecule has 2 nitrogen and oxygen atoms in total. The van der Waals surface area contributed by atoms with Crippen molar-refractivity contribution in [3.63, 3.8) is 0 Å². The van der Waals surface area contributed by atoms with Crippen molar-refractivity contribution in [2.45, 2.75) is 39.0 Å². The van der Waals surface area contributed by atoms with E-state index in [4.69, 9.17) is 0 Å². The highest BCUT2D eigenvalue weighted by atomic mass is 16.1. The zero-order chi connectivity index (χ0) is 13.0. The summed E-state index contributed by atoms with van der Waals surface area (Å²) in [4.78, 5) is 14.4. The highest BCUT2D eigenvalue weighted by Crippen LogP contribution is 2.19. The molecule has 1 saturated heterocycles. The monoisotopic (exact) mass is 245 g/mol. The lowest BCUT2D eigenvalue weighted by atomic mass is 9.97. The van der Waals surface area contributed by atoms with Crippen LogP contribution in [0.2, 0.25) is 0 Å². The van der Waals surface area contributed by atoms with Crippen LogP contribution in [0.4, 0.5) is 0 Å². The largest absolute Gasteiger partial charge is 0.296 e. The van der Waals surface area contributed by atoms with Crippen molar-refractivity contribution >= 4 is 5.78 Å². The molecule has 0 spiro atoms. The van der Waals surface area contributed by atoms with Gasteiger partial charge in [-0.15, -0.1) is 0 Å². The summed E-state index contributed by atoms with van der Waals surface area (Å²) in [6.45, 7) is 7.16. The van der Waals surface area contributed by atoms with E-state index in [2.05, 4.69) is 30.9 Å². The van der Waals surface area contributed by atoms with Gasteiger partial charge in [0.1, 0.15) is 0 Å². The Morgan fingerprint density at radius 1 is 1.22 bits per heavy atom. The predicted molar refractivity (Wildman–Crippen MR) is 75.2 cm³/mol. The van der Waals surface area contributed by atoms with Gasteiger partial charge in [-0.05, 0) is 43.8 Å². The molecule has 18 heavy (non-hydrogen) atoms. The Balaban J connectivity index is 1.97. The number of carbonyl (C=O) groups excluding carboxylic acids is 1. The Labute approximate surface area is 110 Å². The SMILES string of the molecule is CCC(C)c1ccc(C(=O)CN2CCCC2)cc1. The normalized spacial score (nSPS) is 17.9. The first-order chi connectivity index (χ1) is 8.70. The van der Waals surface area contributed by atoms with Crippen LogP contribution >= 0.6 is 0 Å². The number of rotatable bonds is 5. The molecule has 2 heteroatoms. The molecule has 0 saturated carbocycles. The van der Waals surface area contributed by atoms with Crippen molar-refractivity contribution in [1.29, 1.82) is 0 Å². The first-order valence-electron chi connectivity index (χ1n) is 7.06. The van der Waals surface area contributed by atoms with E-state index >= 15 is 0 Å². The van der Waals surface area contributed by atoms with Crippen molar-refractivity contribution in [3.8, 4) is 0 Å². The third-order valence-corrected chi connectivity index (χ3v) is 3.98. The molecule has 0 aliphatic carbocycles. The van der Waals surface area contributed by atoms with Gasteiger partial charge in [-0.3, -0.25) is 9.69 Å². The summed E-state index contributed by atoms with van der Waals surface area (Å²) in [5, 5.41) is 0. The fourth-order valence-corrected chi connectivity index (χ4v) is 2.47. The average molecular weight is 245 g/mol. The summed E-state index contributed by atoms with van der Waals surface area (Å²) < 4.78 is 0. The van der Waals surface area contributed by atoms with Gasteiger partial charge >= 0.3 is 0 Å². The van der Waals surface area contributed by atoms with Crippen LogP contribution in [-0.2, 0) is 0 Å². The number of hydrogen-bond donors (Lipinski definition) is 0. The number of nitrogens with zero attached hydrogens (tertiary/aromatic N) is 1. The number of likely N-dealkylation sites (tertiary alicyclic amines) is 1. The van der Waals surface area contributed by atoms with Crippen LogP contribution in [-0.4, -0.2) is 30.3 Å². The van der Waals surface area contributed by atoms with Gasteiger partial charge in [-0.2, -0.15) is 0 Å². The lowest BCUT2D eigenvalue weighted by Gasteiger charge is -2.14. The number of carbonyl (C=O) groups is 1. The van der Waals surface area contributed by atoms with Crippen LogP contribution in [0.1, 0.15) is 54.9 Å². The molecule has 1 aliphatic heterocycles. The second-order valence-corrected chi connectivity index (χ2v) is 5.34. The summed E-state index contributed by atoms with van der Waals surface area (Å²) >= 11 is 0. The van der Waals surface area contributed by atoms with Gasteiger partial charge in [0.05, 0.1) is 6.54 Å². The lowest BCUT2D eigenvalue weighted by molar-refractivity contribution is 0.0945. The highest BCUT2D eigenvalue weighted by Gasteiger charge is 2.16. The number of hydrogen-bond acceptors (Lipinski definition) is 2. The molecule has 1 fully saturated rings. The maximum atomic E-state index is 12.1. The van der Waals surface area contributed by atoms with Crippen molar-refractivity contribution in [3.05, 3.63) is 35.4 Å². The van der Waals surface area contributed by atoms with Crippen LogP contribution in [0.3, 0.4) is 0 Å². The summed E-state index contributed by atoms with van der Waals surface area (Å²) in [5.41, 5.74) is 2.18. The van der Waals surface area contributed by atoms with E-state index in [0.29, 0.717) is 12.5 Å². The minimum Gasteiger partial charge on any atom is -0.296 e. The van der Waals surface area contributed by atoms with E-state index in [0.717, 1.165) is 25.1 Å². The van der Waals surface area contributed by atoms with Crippen molar-refractivity contribution in [2.24, 2.45) is 0 Å². The molecule has 0 bridgehead atoms. The molecule has 1 aromatic rings. The van der Waals surface area contributed by atoms with E-state index in [9.17, 15) is 4.79 Å². The number of Topliss-reactive ketones (excluding diaryl/α,β-unsaturated/α-hetero) is 1. The second-order valence-electron chi connectivity index (χ2n) is 5.34. The molecule has 0 amide bonds. The van der Waals surface area contributed by atoms with Crippen LogP contribution < -0.4 is 0 Å². The quantitative estimate of drug-likeness (QED) is 0.740. The van der Waals surface area contributed by atoms with Crippen LogP contribution in [0.15, 0.2) is 24.3 Å².